The highest BCUT2D eigenvalue weighted by Gasteiger charge is 2.04. The van der Waals surface area contributed by atoms with Crippen molar-refractivity contribution in [2.45, 2.75) is 33.2 Å². The van der Waals surface area contributed by atoms with Crippen molar-refractivity contribution in [2.24, 2.45) is 4.99 Å². The number of nitrogens with zero attached hydrogens (tertiary/aromatic N) is 3. The molecule has 20 heavy (non-hydrogen) atoms. The van der Waals surface area contributed by atoms with Crippen LogP contribution in [0.3, 0.4) is 0 Å². The highest BCUT2D eigenvalue weighted by molar-refractivity contribution is 7.07. The summed E-state index contributed by atoms with van der Waals surface area (Å²) in [6.07, 6.45) is 2.25. The molecule has 0 aliphatic rings. The lowest BCUT2D eigenvalue weighted by atomic mass is 10.3. The van der Waals surface area contributed by atoms with Crippen molar-refractivity contribution in [3.8, 4) is 0 Å². The minimum atomic E-state index is -0.402. The standard InChI is InChI=1S/C14H17N3O2S/c1-3-4-9-16-11(2)10-20-14(16)15-12-5-7-13(8-6-12)17(18)19/h5-8,10H,3-4,9H2,1-2H3. The Hall–Kier alpha value is -1.95. The second-order valence-corrected chi connectivity index (χ2v) is 5.39. The molecule has 5 nitrogen and oxygen atoms in total. The number of unbranched alkanes of at least 4 members (excludes halogenated alkanes) is 1. The van der Waals surface area contributed by atoms with Crippen LogP contribution in [0.2, 0.25) is 0 Å². The Labute approximate surface area is 121 Å². The maximum absolute atomic E-state index is 10.6. The molecule has 0 N–H and O–H groups in total. The molecule has 0 spiro atoms. The normalized spacial score (nSPS) is 11.8. The predicted octanol–water partition coefficient (Wildman–Crippen LogP) is 3.80. The molecule has 0 aliphatic heterocycles. The van der Waals surface area contributed by atoms with Crippen LogP contribution in [0, 0.1) is 17.0 Å². The Morgan fingerprint density at radius 3 is 2.65 bits per heavy atom. The summed E-state index contributed by atoms with van der Waals surface area (Å²) in [5.74, 6) is 0. The smallest absolute Gasteiger partial charge is 0.269 e. The molecule has 0 saturated carbocycles. The third-order valence-corrected chi connectivity index (χ3v) is 3.99. The third-order valence-electron chi connectivity index (χ3n) is 3.01. The van der Waals surface area contributed by atoms with Gasteiger partial charge in [-0.15, -0.1) is 11.3 Å². The number of nitro groups is 1. The van der Waals surface area contributed by atoms with Crippen LogP contribution in [-0.4, -0.2) is 9.49 Å². The van der Waals surface area contributed by atoms with Crippen LogP contribution in [-0.2, 0) is 6.54 Å². The Morgan fingerprint density at radius 1 is 1.35 bits per heavy atom. The summed E-state index contributed by atoms with van der Waals surface area (Å²) < 4.78 is 2.19. The van der Waals surface area contributed by atoms with Crippen LogP contribution in [0.5, 0.6) is 0 Å². The van der Waals surface area contributed by atoms with Crippen LogP contribution < -0.4 is 4.80 Å². The van der Waals surface area contributed by atoms with Crippen LogP contribution in [0.1, 0.15) is 25.5 Å². The first-order valence-corrected chi connectivity index (χ1v) is 7.44. The summed E-state index contributed by atoms with van der Waals surface area (Å²) >= 11 is 1.59. The zero-order chi connectivity index (χ0) is 14.5. The monoisotopic (exact) mass is 291 g/mol. The summed E-state index contributed by atoms with van der Waals surface area (Å²) in [6.45, 7) is 5.19. The molecule has 0 radical (unpaired) electrons. The molecule has 6 heteroatoms. The Morgan fingerprint density at radius 2 is 2.05 bits per heavy atom. The van der Waals surface area contributed by atoms with Gasteiger partial charge in [-0.1, -0.05) is 13.3 Å². The third kappa shape index (κ3) is 3.33. The molecule has 0 amide bonds. The molecule has 0 aliphatic carbocycles. The molecule has 0 unspecified atom stereocenters. The lowest BCUT2D eigenvalue weighted by Crippen LogP contribution is -2.15. The van der Waals surface area contributed by atoms with Crippen molar-refractivity contribution < 1.29 is 4.92 Å². The van der Waals surface area contributed by atoms with Gasteiger partial charge in [0.25, 0.3) is 5.69 Å². The highest BCUT2D eigenvalue weighted by Crippen LogP contribution is 2.17. The molecule has 1 aromatic heterocycles. The van der Waals surface area contributed by atoms with Crippen molar-refractivity contribution in [3.05, 3.63) is 50.3 Å². The summed E-state index contributed by atoms with van der Waals surface area (Å²) in [5, 5.41) is 12.7. The SMILES string of the molecule is CCCCn1c(C)csc1=Nc1ccc([N+](=O)[O-])cc1. The summed E-state index contributed by atoms with van der Waals surface area (Å²) in [7, 11) is 0. The van der Waals surface area contributed by atoms with Crippen LogP contribution in [0.4, 0.5) is 11.4 Å². The quantitative estimate of drug-likeness (QED) is 0.621. The first kappa shape index (κ1) is 14.5. The highest BCUT2D eigenvalue weighted by atomic mass is 32.1. The van der Waals surface area contributed by atoms with Gasteiger partial charge < -0.3 is 4.57 Å². The number of aromatic nitrogens is 1. The van der Waals surface area contributed by atoms with Gasteiger partial charge in [-0.2, -0.15) is 0 Å². The van der Waals surface area contributed by atoms with E-state index in [2.05, 4.69) is 28.8 Å². The van der Waals surface area contributed by atoms with Gasteiger partial charge >= 0.3 is 0 Å². The van der Waals surface area contributed by atoms with Crippen LogP contribution in [0.25, 0.3) is 0 Å². The van der Waals surface area contributed by atoms with Gasteiger partial charge in [0.1, 0.15) is 0 Å². The van der Waals surface area contributed by atoms with E-state index >= 15 is 0 Å². The molecule has 0 fully saturated rings. The molecule has 0 saturated heterocycles. The number of non-ortho nitro benzene ring substituents is 1. The zero-order valence-corrected chi connectivity index (χ0v) is 12.4. The summed E-state index contributed by atoms with van der Waals surface area (Å²) in [4.78, 5) is 15.7. The van der Waals surface area contributed by atoms with E-state index in [1.165, 1.54) is 17.8 Å². The first-order valence-electron chi connectivity index (χ1n) is 6.56. The molecule has 106 valence electrons. The van der Waals surface area contributed by atoms with Crippen molar-refractivity contribution in [2.75, 3.05) is 0 Å². The van der Waals surface area contributed by atoms with E-state index in [0.717, 1.165) is 29.9 Å². The minimum Gasteiger partial charge on any atom is -0.321 e. The second kappa shape index (κ2) is 6.47. The van der Waals surface area contributed by atoms with Crippen LogP contribution in [0.15, 0.2) is 34.6 Å². The fourth-order valence-corrected chi connectivity index (χ4v) is 2.77. The summed E-state index contributed by atoms with van der Waals surface area (Å²) in [6, 6.07) is 6.32. The van der Waals surface area contributed by atoms with E-state index in [1.54, 1.807) is 23.5 Å². The molecular formula is C14H17N3O2S. The van der Waals surface area contributed by atoms with E-state index in [0.29, 0.717) is 0 Å². The number of nitro benzene ring substituents is 1. The van der Waals surface area contributed by atoms with E-state index in [-0.39, 0.29) is 5.69 Å². The second-order valence-electron chi connectivity index (χ2n) is 4.55. The molecule has 1 heterocycles. The van der Waals surface area contributed by atoms with Crippen molar-refractivity contribution in [1.82, 2.24) is 4.57 Å². The topological polar surface area (TPSA) is 60.4 Å². The van der Waals surface area contributed by atoms with Gasteiger partial charge in [0.15, 0.2) is 4.80 Å². The Balaban J connectivity index is 2.32. The van der Waals surface area contributed by atoms with E-state index in [4.69, 9.17) is 0 Å². The lowest BCUT2D eigenvalue weighted by Gasteiger charge is -2.04. The lowest BCUT2D eigenvalue weighted by molar-refractivity contribution is -0.384. The average Bonchev–Trinajstić information content (AvgIpc) is 2.78. The molecular weight excluding hydrogens is 274 g/mol. The number of thiazole rings is 1. The van der Waals surface area contributed by atoms with Gasteiger partial charge in [-0.05, 0) is 25.5 Å². The van der Waals surface area contributed by atoms with Crippen molar-refractivity contribution in [1.29, 1.82) is 0 Å². The Kier molecular flexibility index (Phi) is 4.68. The minimum absolute atomic E-state index is 0.0881. The predicted molar refractivity (Wildman–Crippen MR) is 80.3 cm³/mol. The zero-order valence-electron chi connectivity index (χ0n) is 11.6. The number of hydrogen-bond acceptors (Lipinski definition) is 4. The molecule has 0 atom stereocenters. The number of hydrogen-bond donors (Lipinski definition) is 0. The maximum Gasteiger partial charge on any atom is 0.269 e. The maximum atomic E-state index is 10.6. The largest absolute Gasteiger partial charge is 0.321 e. The first-order chi connectivity index (χ1) is 9.61. The molecule has 2 aromatic rings. The Bertz CT molecular complexity index is 656. The molecule has 0 bridgehead atoms. The van der Waals surface area contributed by atoms with Gasteiger partial charge in [0, 0.05) is 29.8 Å². The van der Waals surface area contributed by atoms with Crippen molar-refractivity contribution in [3.63, 3.8) is 0 Å². The van der Waals surface area contributed by atoms with Gasteiger partial charge in [-0.3, -0.25) is 10.1 Å². The summed E-state index contributed by atoms with van der Waals surface area (Å²) in [5.41, 5.74) is 2.02. The number of benzene rings is 1. The fraction of sp³-hybridized carbons (Fsp3) is 0.357. The average molecular weight is 291 g/mol. The van der Waals surface area contributed by atoms with E-state index in [9.17, 15) is 10.1 Å². The van der Waals surface area contributed by atoms with Crippen molar-refractivity contribution >= 4 is 22.7 Å². The fourth-order valence-electron chi connectivity index (χ4n) is 1.85. The van der Waals surface area contributed by atoms with E-state index in [1.807, 2.05) is 0 Å². The molecule has 1 aromatic carbocycles. The number of aryl methyl sites for hydroxylation is 1. The molecule has 2 rings (SSSR count). The van der Waals surface area contributed by atoms with E-state index < -0.39 is 4.92 Å². The van der Waals surface area contributed by atoms with Gasteiger partial charge in [0.05, 0.1) is 10.6 Å². The van der Waals surface area contributed by atoms with Gasteiger partial charge in [0.2, 0.25) is 0 Å². The number of rotatable bonds is 5. The van der Waals surface area contributed by atoms with Gasteiger partial charge in [-0.25, -0.2) is 4.99 Å². The van der Waals surface area contributed by atoms with Crippen LogP contribution >= 0.6 is 11.3 Å².